The van der Waals surface area contributed by atoms with Crippen LogP contribution in [0.25, 0.3) is 0 Å². The molecule has 0 aliphatic carbocycles. The summed E-state index contributed by atoms with van der Waals surface area (Å²) in [5.41, 5.74) is 0. The quantitative estimate of drug-likeness (QED) is 0.509. The number of nitrogens with one attached hydrogen (secondary N) is 1. The lowest BCUT2D eigenvalue weighted by Gasteiger charge is -2.19. The summed E-state index contributed by atoms with van der Waals surface area (Å²) in [6, 6.07) is -0.0651. The fourth-order valence-corrected chi connectivity index (χ4v) is 2.38. The molecular formula is C13H26N2O3S. The Balaban J connectivity index is 4.05. The zero-order chi connectivity index (χ0) is 14.8. The number of carbonyl (C=O) groups excluding carboxylic acids is 2. The van der Waals surface area contributed by atoms with Crippen molar-refractivity contribution in [2.45, 2.75) is 39.3 Å². The number of nitrogens with zero attached hydrogens (tertiary/aromatic N) is 1. The molecule has 0 aliphatic rings. The molecule has 0 fully saturated rings. The first-order valence-electron chi connectivity index (χ1n) is 6.59. The lowest BCUT2D eigenvalue weighted by Crippen LogP contribution is -2.42. The number of hydrogen-bond donors (Lipinski definition) is 1. The molecule has 1 atom stereocenters. The minimum Gasteiger partial charge on any atom is -0.465 e. The van der Waals surface area contributed by atoms with Crippen LogP contribution in [0.1, 0.15) is 27.2 Å². The highest BCUT2D eigenvalue weighted by molar-refractivity contribution is 7.99. The SMILES string of the molecule is CCOC(=O)C(CCSCC(=O)N(C)C)NC(C)C. The van der Waals surface area contributed by atoms with Gasteiger partial charge in [-0.1, -0.05) is 13.8 Å². The standard InChI is InChI=1S/C13H26N2O3S/c1-6-18-13(17)11(14-10(2)3)7-8-19-9-12(16)15(4)5/h10-11,14H,6-9H2,1-5H3. The topological polar surface area (TPSA) is 58.6 Å². The second-order valence-electron chi connectivity index (χ2n) is 4.76. The summed E-state index contributed by atoms with van der Waals surface area (Å²) in [6.07, 6.45) is 0.669. The molecule has 0 aromatic carbocycles. The number of thioether (sulfide) groups is 1. The van der Waals surface area contributed by atoms with Gasteiger partial charge in [0.05, 0.1) is 12.4 Å². The minimum atomic E-state index is -0.290. The molecule has 0 bridgehead atoms. The monoisotopic (exact) mass is 290 g/mol. The van der Waals surface area contributed by atoms with Crippen molar-refractivity contribution < 1.29 is 14.3 Å². The molecule has 0 aromatic heterocycles. The molecule has 5 nitrogen and oxygen atoms in total. The van der Waals surface area contributed by atoms with Gasteiger partial charge in [0.2, 0.25) is 5.91 Å². The average molecular weight is 290 g/mol. The van der Waals surface area contributed by atoms with Crippen molar-refractivity contribution in [3.8, 4) is 0 Å². The van der Waals surface area contributed by atoms with Gasteiger partial charge in [-0.25, -0.2) is 0 Å². The van der Waals surface area contributed by atoms with Gasteiger partial charge < -0.3 is 15.0 Å². The van der Waals surface area contributed by atoms with Crippen LogP contribution in [-0.2, 0) is 14.3 Å². The normalized spacial score (nSPS) is 12.3. The first-order chi connectivity index (χ1) is 8.88. The van der Waals surface area contributed by atoms with E-state index in [1.807, 2.05) is 13.8 Å². The van der Waals surface area contributed by atoms with Crippen molar-refractivity contribution in [1.29, 1.82) is 0 Å². The molecule has 0 aromatic rings. The third kappa shape index (κ3) is 8.88. The maximum atomic E-state index is 11.7. The van der Waals surface area contributed by atoms with Crippen LogP contribution in [0.5, 0.6) is 0 Å². The van der Waals surface area contributed by atoms with Crippen molar-refractivity contribution in [3.05, 3.63) is 0 Å². The molecule has 1 N–H and O–H groups in total. The second kappa shape index (κ2) is 10.1. The maximum absolute atomic E-state index is 11.7. The summed E-state index contributed by atoms with van der Waals surface area (Å²) >= 11 is 1.54. The third-order valence-corrected chi connectivity index (χ3v) is 3.36. The zero-order valence-electron chi connectivity index (χ0n) is 12.6. The highest BCUT2D eigenvalue weighted by Crippen LogP contribution is 2.08. The number of rotatable bonds is 9. The second-order valence-corrected chi connectivity index (χ2v) is 5.86. The molecular weight excluding hydrogens is 264 g/mol. The van der Waals surface area contributed by atoms with Gasteiger partial charge in [0.15, 0.2) is 0 Å². The van der Waals surface area contributed by atoms with E-state index in [0.29, 0.717) is 18.8 Å². The molecule has 1 amide bonds. The Hall–Kier alpha value is -0.750. The molecule has 0 saturated heterocycles. The number of esters is 1. The number of carbonyl (C=O) groups is 2. The Labute approximate surface area is 120 Å². The van der Waals surface area contributed by atoms with Crippen LogP contribution in [0, 0.1) is 0 Å². The van der Waals surface area contributed by atoms with E-state index in [1.54, 1.807) is 37.7 Å². The van der Waals surface area contributed by atoms with Gasteiger partial charge in [0.25, 0.3) is 0 Å². The highest BCUT2D eigenvalue weighted by atomic mass is 32.2. The van der Waals surface area contributed by atoms with Gasteiger partial charge in [0.1, 0.15) is 6.04 Å². The van der Waals surface area contributed by atoms with Crippen LogP contribution in [0.4, 0.5) is 0 Å². The first kappa shape index (κ1) is 18.2. The van der Waals surface area contributed by atoms with E-state index in [9.17, 15) is 9.59 Å². The number of ether oxygens (including phenoxy) is 1. The number of hydrogen-bond acceptors (Lipinski definition) is 5. The van der Waals surface area contributed by atoms with Crippen LogP contribution < -0.4 is 5.32 Å². The van der Waals surface area contributed by atoms with Crippen molar-refractivity contribution in [2.75, 3.05) is 32.2 Å². The molecule has 1 unspecified atom stereocenters. The molecule has 0 aliphatic heterocycles. The fraction of sp³-hybridized carbons (Fsp3) is 0.846. The van der Waals surface area contributed by atoms with Crippen LogP contribution in [0.15, 0.2) is 0 Å². The van der Waals surface area contributed by atoms with Gasteiger partial charge in [0, 0.05) is 20.1 Å². The van der Waals surface area contributed by atoms with E-state index >= 15 is 0 Å². The summed E-state index contributed by atoms with van der Waals surface area (Å²) in [4.78, 5) is 24.7. The smallest absolute Gasteiger partial charge is 0.323 e. The Kier molecular flexibility index (Phi) is 9.69. The van der Waals surface area contributed by atoms with Crippen LogP contribution in [0.3, 0.4) is 0 Å². The molecule has 19 heavy (non-hydrogen) atoms. The average Bonchev–Trinajstić information content (AvgIpc) is 2.32. The first-order valence-corrected chi connectivity index (χ1v) is 7.74. The molecule has 6 heteroatoms. The van der Waals surface area contributed by atoms with Gasteiger partial charge in [-0.2, -0.15) is 11.8 Å². The Morgan fingerprint density at radius 1 is 1.32 bits per heavy atom. The maximum Gasteiger partial charge on any atom is 0.323 e. The largest absolute Gasteiger partial charge is 0.465 e. The predicted octanol–water partition coefficient (Wildman–Crippen LogP) is 1.13. The van der Waals surface area contributed by atoms with Crippen LogP contribution in [-0.4, -0.2) is 61.1 Å². The molecule has 0 heterocycles. The summed E-state index contributed by atoms with van der Waals surface area (Å²) in [5.74, 6) is 1.08. The van der Waals surface area contributed by atoms with Crippen molar-refractivity contribution in [1.82, 2.24) is 10.2 Å². The Morgan fingerprint density at radius 2 is 1.95 bits per heavy atom. The summed E-state index contributed by atoms with van der Waals surface area (Å²) < 4.78 is 5.04. The molecule has 0 spiro atoms. The molecule has 112 valence electrons. The van der Waals surface area contributed by atoms with Gasteiger partial charge in [-0.15, -0.1) is 0 Å². The predicted molar refractivity (Wildman–Crippen MR) is 79.3 cm³/mol. The van der Waals surface area contributed by atoms with E-state index in [1.165, 1.54) is 0 Å². The lowest BCUT2D eigenvalue weighted by atomic mass is 10.2. The van der Waals surface area contributed by atoms with Crippen molar-refractivity contribution >= 4 is 23.6 Å². The third-order valence-electron chi connectivity index (χ3n) is 2.38. The van der Waals surface area contributed by atoms with E-state index in [-0.39, 0.29) is 24.0 Å². The van der Waals surface area contributed by atoms with E-state index in [2.05, 4.69) is 5.32 Å². The molecule has 0 rings (SSSR count). The summed E-state index contributed by atoms with van der Waals surface area (Å²) in [5, 5.41) is 3.19. The molecule has 0 saturated carbocycles. The fourth-order valence-electron chi connectivity index (χ4n) is 1.40. The van der Waals surface area contributed by atoms with Gasteiger partial charge in [-0.3, -0.25) is 9.59 Å². The van der Waals surface area contributed by atoms with E-state index in [0.717, 1.165) is 5.75 Å². The highest BCUT2D eigenvalue weighted by Gasteiger charge is 2.20. The van der Waals surface area contributed by atoms with Gasteiger partial charge >= 0.3 is 5.97 Å². The molecule has 0 radical (unpaired) electrons. The van der Waals surface area contributed by atoms with Crippen LogP contribution in [0.2, 0.25) is 0 Å². The van der Waals surface area contributed by atoms with Crippen LogP contribution >= 0.6 is 11.8 Å². The van der Waals surface area contributed by atoms with Crippen molar-refractivity contribution in [3.63, 3.8) is 0 Å². The van der Waals surface area contributed by atoms with Crippen molar-refractivity contribution in [2.24, 2.45) is 0 Å². The number of amides is 1. The minimum absolute atomic E-state index is 0.0921. The summed E-state index contributed by atoms with van der Waals surface area (Å²) in [6.45, 7) is 6.18. The Morgan fingerprint density at radius 3 is 2.42 bits per heavy atom. The Bertz CT molecular complexity index is 283. The summed E-state index contributed by atoms with van der Waals surface area (Å²) in [7, 11) is 3.48. The van der Waals surface area contributed by atoms with Gasteiger partial charge in [-0.05, 0) is 19.1 Å². The lowest BCUT2D eigenvalue weighted by molar-refractivity contribution is -0.145. The zero-order valence-corrected chi connectivity index (χ0v) is 13.4. The van der Waals surface area contributed by atoms with E-state index < -0.39 is 0 Å². The van der Waals surface area contributed by atoms with E-state index in [4.69, 9.17) is 4.74 Å².